The van der Waals surface area contributed by atoms with E-state index in [0.717, 1.165) is 0 Å². The second-order valence-corrected chi connectivity index (χ2v) is 5.04. The van der Waals surface area contributed by atoms with Gasteiger partial charge in [-0.3, -0.25) is 8.89 Å². The van der Waals surface area contributed by atoms with E-state index in [4.69, 9.17) is 5.73 Å². The fourth-order valence-electron chi connectivity index (χ4n) is 1.45. The molecule has 0 bridgehead atoms. The number of anilines is 1. The molecule has 0 spiro atoms. The summed E-state index contributed by atoms with van der Waals surface area (Å²) in [5, 5.41) is 4.01. The van der Waals surface area contributed by atoms with Gasteiger partial charge >= 0.3 is 0 Å². The Labute approximate surface area is 101 Å². The van der Waals surface area contributed by atoms with Crippen LogP contribution in [0.1, 0.15) is 0 Å². The predicted molar refractivity (Wildman–Crippen MR) is 64.3 cm³/mol. The Balaban J connectivity index is 2.04. The molecule has 4 nitrogen and oxygen atoms in total. The molecular weight excluding hydrogens is 241 g/mol. The van der Waals surface area contributed by atoms with Gasteiger partial charge in [-0.25, -0.2) is 4.39 Å². The van der Waals surface area contributed by atoms with Gasteiger partial charge in [0.1, 0.15) is 5.82 Å². The maximum absolute atomic E-state index is 12.8. The molecule has 1 atom stereocenters. The second-order valence-electron chi connectivity index (χ2n) is 3.50. The van der Waals surface area contributed by atoms with Crippen molar-refractivity contribution in [2.24, 2.45) is 0 Å². The lowest BCUT2D eigenvalue weighted by atomic mass is 10.3. The zero-order chi connectivity index (χ0) is 12.3. The van der Waals surface area contributed by atoms with Gasteiger partial charge < -0.3 is 5.73 Å². The van der Waals surface area contributed by atoms with Gasteiger partial charge in [0.2, 0.25) is 0 Å². The molecule has 2 aromatic rings. The van der Waals surface area contributed by atoms with Gasteiger partial charge in [-0.1, -0.05) is 0 Å². The first-order chi connectivity index (χ1) is 8.16. The molecule has 0 aliphatic carbocycles. The van der Waals surface area contributed by atoms with E-state index < -0.39 is 16.6 Å². The number of nitrogens with zero attached hydrogens (tertiary/aromatic N) is 2. The van der Waals surface area contributed by atoms with E-state index in [2.05, 4.69) is 5.10 Å². The quantitative estimate of drug-likeness (QED) is 0.838. The van der Waals surface area contributed by atoms with Crippen molar-refractivity contribution in [3.8, 4) is 0 Å². The van der Waals surface area contributed by atoms with Crippen LogP contribution in [0.2, 0.25) is 0 Å². The summed E-state index contributed by atoms with van der Waals surface area (Å²) in [6, 6.07) is 5.71. The molecule has 0 amide bonds. The monoisotopic (exact) mass is 253 g/mol. The summed E-state index contributed by atoms with van der Waals surface area (Å²) in [6.45, 7) is 0.538. The van der Waals surface area contributed by atoms with Crippen LogP contribution in [0, 0.1) is 5.82 Å². The number of nitrogens with two attached hydrogens (primary N) is 1. The van der Waals surface area contributed by atoms with Crippen molar-refractivity contribution in [1.29, 1.82) is 0 Å². The van der Waals surface area contributed by atoms with Crippen molar-refractivity contribution in [3.63, 3.8) is 0 Å². The van der Waals surface area contributed by atoms with Crippen molar-refractivity contribution < 1.29 is 8.60 Å². The van der Waals surface area contributed by atoms with E-state index in [0.29, 0.717) is 17.2 Å². The zero-order valence-corrected chi connectivity index (χ0v) is 9.86. The summed E-state index contributed by atoms with van der Waals surface area (Å²) in [5.74, 6) is -0.0207. The van der Waals surface area contributed by atoms with E-state index in [9.17, 15) is 8.60 Å². The molecule has 1 heterocycles. The summed E-state index contributed by atoms with van der Waals surface area (Å²) in [7, 11) is -1.24. The lowest BCUT2D eigenvalue weighted by molar-refractivity contribution is 0.626. The van der Waals surface area contributed by atoms with Crippen LogP contribution in [0.25, 0.3) is 0 Å². The lowest BCUT2D eigenvalue weighted by Crippen LogP contribution is -2.09. The second kappa shape index (κ2) is 5.09. The predicted octanol–water partition coefficient (Wildman–Crippen LogP) is 1.41. The fraction of sp³-hybridized carbons (Fsp3) is 0.182. The molecule has 2 rings (SSSR count). The molecule has 1 unspecified atom stereocenters. The average molecular weight is 253 g/mol. The lowest BCUT2D eigenvalue weighted by Gasteiger charge is -2.06. The first-order valence-corrected chi connectivity index (χ1v) is 6.39. The van der Waals surface area contributed by atoms with E-state index in [1.807, 2.05) is 0 Å². The van der Waals surface area contributed by atoms with Crippen LogP contribution in [0.5, 0.6) is 0 Å². The molecule has 0 aliphatic rings. The molecule has 0 fully saturated rings. The van der Waals surface area contributed by atoms with E-state index in [1.165, 1.54) is 18.2 Å². The largest absolute Gasteiger partial charge is 0.398 e. The van der Waals surface area contributed by atoms with Crippen molar-refractivity contribution in [2.75, 3.05) is 11.5 Å². The van der Waals surface area contributed by atoms with E-state index in [1.54, 1.807) is 23.1 Å². The number of hydrogen-bond acceptors (Lipinski definition) is 3. The van der Waals surface area contributed by atoms with Crippen LogP contribution in [-0.4, -0.2) is 19.7 Å². The Morgan fingerprint density at radius 2 is 2.29 bits per heavy atom. The number of aromatic nitrogens is 2. The minimum absolute atomic E-state index is 0.226. The van der Waals surface area contributed by atoms with Crippen LogP contribution in [0.3, 0.4) is 0 Å². The highest BCUT2D eigenvalue weighted by molar-refractivity contribution is 7.85. The summed E-state index contributed by atoms with van der Waals surface area (Å²) >= 11 is 0. The van der Waals surface area contributed by atoms with Crippen molar-refractivity contribution in [2.45, 2.75) is 11.4 Å². The highest BCUT2D eigenvalue weighted by Gasteiger charge is 2.08. The number of benzene rings is 1. The third-order valence-electron chi connectivity index (χ3n) is 2.28. The van der Waals surface area contributed by atoms with Crippen LogP contribution in [0.15, 0.2) is 41.6 Å². The van der Waals surface area contributed by atoms with Crippen molar-refractivity contribution in [3.05, 3.63) is 42.5 Å². The SMILES string of the molecule is Nc1cc(F)ccc1S(=O)CCn1cccn1. The minimum Gasteiger partial charge on any atom is -0.398 e. The van der Waals surface area contributed by atoms with Gasteiger partial charge in [0, 0.05) is 18.1 Å². The van der Waals surface area contributed by atoms with Gasteiger partial charge in [-0.2, -0.15) is 5.10 Å². The molecule has 1 aromatic carbocycles. The van der Waals surface area contributed by atoms with Gasteiger partial charge in [-0.05, 0) is 24.3 Å². The maximum atomic E-state index is 12.8. The number of rotatable bonds is 4. The van der Waals surface area contributed by atoms with Gasteiger partial charge in [0.05, 0.1) is 27.9 Å². The van der Waals surface area contributed by atoms with Crippen molar-refractivity contribution >= 4 is 16.5 Å². The zero-order valence-electron chi connectivity index (χ0n) is 9.04. The molecule has 6 heteroatoms. The molecule has 17 heavy (non-hydrogen) atoms. The number of hydrogen-bond donors (Lipinski definition) is 1. The molecule has 0 saturated carbocycles. The Hall–Kier alpha value is -1.69. The summed E-state index contributed by atoms with van der Waals surface area (Å²) in [6.07, 6.45) is 3.46. The maximum Gasteiger partial charge on any atom is 0.125 e. The van der Waals surface area contributed by atoms with Crippen molar-refractivity contribution in [1.82, 2.24) is 9.78 Å². The highest BCUT2D eigenvalue weighted by atomic mass is 32.2. The fourth-order valence-corrected chi connectivity index (χ4v) is 2.56. The third kappa shape index (κ3) is 2.91. The van der Waals surface area contributed by atoms with Gasteiger partial charge in [0.25, 0.3) is 0 Å². The van der Waals surface area contributed by atoms with Crippen LogP contribution >= 0.6 is 0 Å². The summed E-state index contributed by atoms with van der Waals surface area (Å²) < 4.78 is 26.5. The Kier molecular flexibility index (Phi) is 3.53. The molecule has 0 saturated heterocycles. The number of halogens is 1. The number of nitrogen functional groups attached to an aromatic ring is 1. The van der Waals surface area contributed by atoms with Crippen LogP contribution < -0.4 is 5.73 Å². The molecule has 0 radical (unpaired) electrons. The topological polar surface area (TPSA) is 60.9 Å². The molecule has 90 valence electrons. The van der Waals surface area contributed by atoms with Crippen LogP contribution in [0.4, 0.5) is 10.1 Å². The first kappa shape index (κ1) is 11.8. The Morgan fingerprint density at radius 3 is 2.94 bits per heavy atom. The minimum atomic E-state index is -1.24. The first-order valence-electron chi connectivity index (χ1n) is 5.07. The molecular formula is C11H12FN3OS. The Bertz CT molecular complexity index is 528. The van der Waals surface area contributed by atoms with Gasteiger partial charge in [-0.15, -0.1) is 0 Å². The molecule has 0 aliphatic heterocycles. The highest BCUT2D eigenvalue weighted by Crippen LogP contribution is 2.17. The standard InChI is InChI=1S/C11H12FN3OS/c12-9-2-3-11(10(13)8-9)17(16)7-6-15-5-1-4-14-15/h1-5,8H,6-7,13H2. The summed E-state index contributed by atoms with van der Waals surface area (Å²) in [4.78, 5) is 0.471. The van der Waals surface area contributed by atoms with E-state index >= 15 is 0 Å². The van der Waals surface area contributed by atoms with Crippen LogP contribution in [-0.2, 0) is 17.3 Å². The van der Waals surface area contributed by atoms with Gasteiger partial charge in [0.15, 0.2) is 0 Å². The smallest absolute Gasteiger partial charge is 0.125 e. The Morgan fingerprint density at radius 1 is 1.47 bits per heavy atom. The van der Waals surface area contributed by atoms with E-state index in [-0.39, 0.29) is 5.69 Å². The molecule has 2 N–H and O–H groups in total. The number of aryl methyl sites for hydroxylation is 1. The third-order valence-corrected chi connectivity index (χ3v) is 3.70. The molecule has 1 aromatic heterocycles. The normalized spacial score (nSPS) is 12.5. The average Bonchev–Trinajstić information content (AvgIpc) is 2.78. The summed E-state index contributed by atoms with van der Waals surface area (Å²) in [5.41, 5.74) is 5.84.